The Kier molecular flexibility index (Phi) is 5.16. The molecule has 0 aromatic heterocycles. The SMILES string of the molecule is COC(=O)CN1CCN(S(=O)(=O)CBr)CC1. The molecule has 1 aliphatic heterocycles. The van der Waals surface area contributed by atoms with Gasteiger partial charge in [-0.3, -0.25) is 9.69 Å². The Morgan fingerprint density at radius 1 is 1.31 bits per heavy atom. The van der Waals surface area contributed by atoms with Crippen molar-refractivity contribution in [3.05, 3.63) is 0 Å². The van der Waals surface area contributed by atoms with Crippen LogP contribution in [-0.4, -0.2) is 68.1 Å². The molecule has 0 radical (unpaired) electrons. The van der Waals surface area contributed by atoms with Crippen molar-refractivity contribution in [2.75, 3.05) is 44.5 Å². The van der Waals surface area contributed by atoms with Gasteiger partial charge in [0.25, 0.3) is 0 Å². The molecule has 1 heterocycles. The topological polar surface area (TPSA) is 66.9 Å². The van der Waals surface area contributed by atoms with E-state index in [1.54, 1.807) is 0 Å². The number of piperazine rings is 1. The Morgan fingerprint density at radius 3 is 2.31 bits per heavy atom. The Balaban J connectivity index is 2.43. The summed E-state index contributed by atoms with van der Waals surface area (Å²) in [6.45, 7) is 2.18. The summed E-state index contributed by atoms with van der Waals surface area (Å²) < 4.78 is 28.9. The Bertz CT molecular complexity index is 338. The quantitative estimate of drug-likeness (QED) is 0.515. The molecule has 0 N–H and O–H groups in total. The van der Waals surface area contributed by atoms with E-state index in [-0.39, 0.29) is 17.2 Å². The maximum atomic E-state index is 11.5. The highest BCUT2D eigenvalue weighted by Crippen LogP contribution is 2.09. The second-order valence-electron chi connectivity index (χ2n) is 3.47. The third-order valence-electron chi connectivity index (χ3n) is 2.44. The third kappa shape index (κ3) is 3.69. The number of sulfonamides is 1. The van der Waals surface area contributed by atoms with E-state index in [0.717, 1.165) is 0 Å². The van der Waals surface area contributed by atoms with E-state index in [1.165, 1.54) is 11.4 Å². The number of methoxy groups -OCH3 is 1. The molecule has 0 atom stereocenters. The van der Waals surface area contributed by atoms with Gasteiger partial charge < -0.3 is 4.74 Å². The molecular formula is C8H15BrN2O4S. The van der Waals surface area contributed by atoms with Gasteiger partial charge in [-0.15, -0.1) is 0 Å². The van der Waals surface area contributed by atoms with Crippen LogP contribution < -0.4 is 0 Å². The molecule has 0 aromatic rings. The van der Waals surface area contributed by atoms with Crippen LogP contribution in [0, 0.1) is 0 Å². The van der Waals surface area contributed by atoms with Crippen molar-refractivity contribution in [2.45, 2.75) is 0 Å². The number of esters is 1. The van der Waals surface area contributed by atoms with E-state index in [1.807, 2.05) is 4.90 Å². The standard InChI is InChI=1S/C8H15BrN2O4S/c1-15-8(12)6-10-2-4-11(5-3-10)16(13,14)7-9/h2-7H2,1H3. The number of hydrogen-bond acceptors (Lipinski definition) is 5. The molecule has 8 heteroatoms. The van der Waals surface area contributed by atoms with E-state index < -0.39 is 10.0 Å². The van der Waals surface area contributed by atoms with Crippen LogP contribution in [0.1, 0.15) is 0 Å². The van der Waals surface area contributed by atoms with E-state index in [4.69, 9.17) is 0 Å². The van der Waals surface area contributed by atoms with E-state index in [9.17, 15) is 13.2 Å². The molecule has 94 valence electrons. The lowest BCUT2D eigenvalue weighted by molar-refractivity contribution is -0.142. The highest BCUT2D eigenvalue weighted by Gasteiger charge is 2.26. The predicted molar refractivity (Wildman–Crippen MR) is 62.7 cm³/mol. The molecule has 0 aliphatic carbocycles. The zero-order valence-electron chi connectivity index (χ0n) is 9.06. The molecule has 6 nitrogen and oxygen atoms in total. The van der Waals surface area contributed by atoms with E-state index in [2.05, 4.69) is 20.7 Å². The number of carbonyl (C=O) groups excluding carboxylic acids is 1. The summed E-state index contributed by atoms with van der Waals surface area (Å²) in [5, 5.41) is 0. The number of ether oxygens (including phenoxy) is 1. The van der Waals surface area contributed by atoms with Crippen molar-refractivity contribution in [1.29, 1.82) is 0 Å². The van der Waals surface area contributed by atoms with Gasteiger partial charge in [-0.05, 0) is 0 Å². The van der Waals surface area contributed by atoms with Gasteiger partial charge >= 0.3 is 5.97 Å². The van der Waals surface area contributed by atoms with Crippen molar-refractivity contribution in [3.8, 4) is 0 Å². The largest absolute Gasteiger partial charge is 0.468 e. The number of carbonyl (C=O) groups is 1. The fourth-order valence-corrected chi connectivity index (χ4v) is 3.21. The first-order chi connectivity index (χ1) is 7.49. The molecule has 1 rings (SSSR count). The predicted octanol–water partition coefficient (Wildman–Crippen LogP) is -0.541. The number of hydrogen-bond donors (Lipinski definition) is 0. The van der Waals surface area contributed by atoms with Crippen LogP contribution in [0.3, 0.4) is 0 Å². The molecule has 1 fully saturated rings. The normalized spacial score (nSPS) is 19.6. The molecule has 16 heavy (non-hydrogen) atoms. The second-order valence-corrected chi connectivity index (χ2v) is 6.74. The Hall–Kier alpha value is -0.180. The monoisotopic (exact) mass is 314 g/mol. The molecule has 0 aromatic carbocycles. The van der Waals surface area contributed by atoms with Crippen molar-refractivity contribution in [2.24, 2.45) is 0 Å². The van der Waals surface area contributed by atoms with Crippen LogP contribution in [0.25, 0.3) is 0 Å². The molecule has 0 bridgehead atoms. The highest BCUT2D eigenvalue weighted by atomic mass is 79.9. The number of rotatable bonds is 4. The molecule has 0 amide bonds. The van der Waals surface area contributed by atoms with Crippen LogP contribution in [0.2, 0.25) is 0 Å². The Morgan fingerprint density at radius 2 is 1.88 bits per heavy atom. The molecule has 0 saturated carbocycles. The lowest BCUT2D eigenvalue weighted by Crippen LogP contribution is -2.50. The third-order valence-corrected chi connectivity index (χ3v) is 5.61. The minimum atomic E-state index is -3.17. The summed E-state index contributed by atoms with van der Waals surface area (Å²) in [6, 6.07) is 0. The fourth-order valence-electron chi connectivity index (χ4n) is 1.48. The van der Waals surface area contributed by atoms with Crippen molar-refractivity contribution >= 4 is 31.9 Å². The fraction of sp³-hybridized carbons (Fsp3) is 0.875. The van der Waals surface area contributed by atoms with Crippen molar-refractivity contribution < 1.29 is 17.9 Å². The first kappa shape index (κ1) is 13.9. The molecule has 1 aliphatic rings. The lowest BCUT2D eigenvalue weighted by Gasteiger charge is -2.32. The Labute approximate surface area is 104 Å². The number of alkyl halides is 1. The van der Waals surface area contributed by atoms with Gasteiger partial charge in [-0.25, -0.2) is 8.42 Å². The summed E-state index contributed by atoms with van der Waals surface area (Å²) in [4.78, 5) is 12.9. The van der Waals surface area contributed by atoms with Crippen LogP contribution in [0.15, 0.2) is 0 Å². The van der Waals surface area contributed by atoms with Gasteiger partial charge in [0.15, 0.2) is 0 Å². The van der Waals surface area contributed by atoms with Crippen LogP contribution in [0.4, 0.5) is 0 Å². The van der Waals surface area contributed by atoms with Crippen molar-refractivity contribution in [1.82, 2.24) is 9.21 Å². The number of nitrogens with zero attached hydrogens (tertiary/aromatic N) is 2. The minimum Gasteiger partial charge on any atom is -0.468 e. The van der Waals surface area contributed by atoms with Crippen molar-refractivity contribution in [3.63, 3.8) is 0 Å². The van der Waals surface area contributed by atoms with E-state index in [0.29, 0.717) is 26.2 Å². The summed E-state index contributed by atoms with van der Waals surface area (Å²) in [7, 11) is -1.83. The molecule has 0 spiro atoms. The summed E-state index contributed by atoms with van der Waals surface area (Å²) in [5.41, 5.74) is 0. The van der Waals surface area contributed by atoms with Gasteiger partial charge in [0.2, 0.25) is 10.0 Å². The average molecular weight is 315 g/mol. The first-order valence-corrected chi connectivity index (χ1v) is 7.55. The summed E-state index contributed by atoms with van der Waals surface area (Å²) >= 11 is 2.96. The van der Waals surface area contributed by atoms with Crippen LogP contribution in [0.5, 0.6) is 0 Å². The van der Waals surface area contributed by atoms with Gasteiger partial charge in [0.1, 0.15) is 4.66 Å². The smallest absolute Gasteiger partial charge is 0.319 e. The van der Waals surface area contributed by atoms with E-state index >= 15 is 0 Å². The maximum absolute atomic E-state index is 11.5. The van der Waals surface area contributed by atoms with Crippen LogP contribution in [-0.2, 0) is 19.6 Å². The second kappa shape index (κ2) is 5.95. The van der Waals surface area contributed by atoms with Gasteiger partial charge in [-0.2, -0.15) is 4.31 Å². The molecular weight excluding hydrogens is 300 g/mol. The lowest BCUT2D eigenvalue weighted by atomic mass is 10.3. The van der Waals surface area contributed by atoms with Crippen LogP contribution >= 0.6 is 15.9 Å². The highest BCUT2D eigenvalue weighted by molar-refractivity contribution is 9.10. The van der Waals surface area contributed by atoms with Gasteiger partial charge in [0.05, 0.1) is 13.7 Å². The maximum Gasteiger partial charge on any atom is 0.319 e. The van der Waals surface area contributed by atoms with Gasteiger partial charge in [-0.1, -0.05) is 15.9 Å². The zero-order valence-corrected chi connectivity index (χ0v) is 11.5. The molecule has 1 saturated heterocycles. The molecule has 0 unspecified atom stereocenters. The summed E-state index contributed by atoms with van der Waals surface area (Å²) in [5.74, 6) is -0.295. The van der Waals surface area contributed by atoms with Gasteiger partial charge in [0, 0.05) is 26.2 Å². The first-order valence-electron chi connectivity index (χ1n) is 4.82. The zero-order chi connectivity index (χ0) is 12.2. The number of halogens is 1. The average Bonchev–Trinajstić information content (AvgIpc) is 2.29. The minimum absolute atomic E-state index is 0.0585. The summed E-state index contributed by atoms with van der Waals surface area (Å²) in [6.07, 6.45) is 0.